The number of pyridine rings is 1. The summed E-state index contributed by atoms with van der Waals surface area (Å²) in [5.41, 5.74) is 0.354. The summed E-state index contributed by atoms with van der Waals surface area (Å²) < 4.78 is 0. The molecule has 0 unspecified atom stereocenters. The Morgan fingerprint density at radius 2 is 2.22 bits per heavy atom. The van der Waals surface area contributed by atoms with Crippen LogP contribution in [0, 0.1) is 16.7 Å². The van der Waals surface area contributed by atoms with Crippen molar-refractivity contribution in [1.29, 1.82) is 5.26 Å². The Bertz CT molecular complexity index is 464. The fraction of sp³-hybridized carbons (Fsp3) is 0.538. The predicted octanol–water partition coefficient (Wildman–Crippen LogP) is 2.57. The van der Waals surface area contributed by atoms with Gasteiger partial charge in [0.05, 0.1) is 12.2 Å². The number of aromatic nitrogens is 1. The monoisotopic (exact) mass is 265 g/mol. The molecule has 0 aliphatic heterocycles. The van der Waals surface area contributed by atoms with E-state index < -0.39 is 0 Å². The van der Waals surface area contributed by atoms with Gasteiger partial charge in [0, 0.05) is 18.2 Å². The van der Waals surface area contributed by atoms with Crippen molar-refractivity contribution in [3.8, 4) is 6.07 Å². The first-order valence-electron chi connectivity index (χ1n) is 6.10. The smallest absolute Gasteiger partial charge is 0.146 e. The third-order valence-corrected chi connectivity index (χ3v) is 4.02. The number of nitrogens with one attached hydrogen (secondary N) is 1. The zero-order valence-electron chi connectivity index (χ0n) is 10.1. The molecule has 0 spiro atoms. The first kappa shape index (κ1) is 13.1. The average Bonchev–Trinajstić information content (AvgIpc) is 2.87. The molecule has 4 nitrogen and oxygen atoms in total. The second-order valence-corrected chi connectivity index (χ2v) is 5.23. The van der Waals surface area contributed by atoms with Gasteiger partial charge in [-0.15, -0.1) is 0 Å². The molecule has 0 bridgehead atoms. The van der Waals surface area contributed by atoms with E-state index in [0.29, 0.717) is 22.9 Å². The lowest BCUT2D eigenvalue weighted by Gasteiger charge is -2.27. The van der Waals surface area contributed by atoms with Crippen LogP contribution >= 0.6 is 11.6 Å². The molecule has 1 aliphatic rings. The summed E-state index contributed by atoms with van der Waals surface area (Å²) in [6.07, 6.45) is 5.91. The highest BCUT2D eigenvalue weighted by Crippen LogP contribution is 2.38. The van der Waals surface area contributed by atoms with Gasteiger partial charge in [-0.05, 0) is 18.9 Å². The predicted molar refractivity (Wildman–Crippen MR) is 70.4 cm³/mol. The second kappa shape index (κ2) is 5.55. The second-order valence-electron chi connectivity index (χ2n) is 4.85. The minimum absolute atomic E-state index is 0.0618. The summed E-state index contributed by atoms with van der Waals surface area (Å²) in [4.78, 5) is 4.14. The first-order chi connectivity index (χ1) is 8.71. The topological polar surface area (TPSA) is 68.9 Å². The number of rotatable bonds is 4. The van der Waals surface area contributed by atoms with Crippen LogP contribution in [0.1, 0.15) is 31.2 Å². The molecule has 0 aromatic carbocycles. The molecule has 2 rings (SSSR count). The molecular formula is C13H16ClN3O. The maximum Gasteiger partial charge on any atom is 0.146 e. The molecule has 1 aromatic rings. The highest BCUT2D eigenvalue weighted by molar-refractivity contribution is 6.34. The molecule has 0 saturated heterocycles. The van der Waals surface area contributed by atoms with Gasteiger partial charge in [-0.1, -0.05) is 24.4 Å². The van der Waals surface area contributed by atoms with Crippen molar-refractivity contribution in [1.82, 2.24) is 4.98 Å². The fourth-order valence-electron chi connectivity index (χ4n) is 2.44. The van der Waals surface area contributed by atoms with Crippen molar-refractivity contribution in [3.63, 3.8) is 0 Å². The van der Waals surface area contributed by atoms with Crippen LogP contribution in [0.15, 0.2) is 12.3 Å². The first-order valence-corrected chi connectivity index (χ1v) is 6.48. The molecule has 0 atom stereocenters. The molecule has 96 valence electrons. The Labute approximate surface area is 112 Å². The summed E-state index contributed by atoms with van der Waals surface area (Å²) in [5, 5.41) is 21.9. The Morgan fingerprint density at radius 1 is 1.50 bits per heavy atom. The molecule has 1 aromatic heterocycles. The standard InChI is InChI=1S/C13H16ClN3O/c14-11-10(7-15)3-6-16-12(11)17-8-13(9-18)4-1-2-5-13/h3,6,18H,1-2,4-5,8-9H2,(H,16,17). The van der Waals surface area contributed by atoms with Gasteiger partial charge in [0.1, 0.15) is 16.9 Å². The molecule has 0 amide bonds. The number of aliphatic hydroxyl groups is 1. The molecule has 1 saturated carbocycles. The third-order valence-electron chi connectivity index (χ3n) is 3.64. The SMILES string of the molecule is N#Cc1ccnc(NCC2(CO)CCCC2)c1Cl. The van der Waals surface area contributed by atoms with Gasteiger partial charge in [-0.3, -0.25) is 0 Å². The van der Waals surface area contributed by atoms with E-state index in [1.54, 1.807) is 12.3 Å². The van der Waals surface area contributed by atoms with Crippen molar-refractivity contribution in [3.05, 3.63) is 22.8 Å². The number of aliphatic hydroxyl groups excluding tert-OH is 1. The quantitative estimate of drug-likeness (QED) is 0.878. The zero-order chi connectivity index (χ0) is 13.0. The number of hydrogen-bond acceptors (Lipinski definition) is 4. The van der Waals surface area contributed by atoms with Crippen LogP contribution in [0.2, 0.25) is 5.02 Å². The summed E-state index contributed by atoms with van der Waals surface area (Å²) in [6, 6.07) is 3.61. The van der Waals surface area contributed by atoms with E-state index in [9.17, 15) is 5.11 Å². The summed E-state index contributed by atoms with van der Waals surface area (Å²) in [6.45, 7) is 0.820. The summed E-state index contributed by atoms with van der Waals surface area (Å²) in [5.74, 6) is 0.524. The lowest BCUT2D eigenvalue weighted by Crippen LogP contribution is -2.30. The maximum atomic E-state index is 9.52. The van der Waals surface area contributed by atoms with Crippen molar-refractivity contribution in [2.24, 2.45) is 5.41 Å². The van der Waals surface area contributed by atoms with Crippen LogP contribution in [-0.2, 0) is 0 Å². The molecule has 0 radical (unpaired) electrons. The van der Waals surface area contributed by atoms with Crippen molar-refractivity contribution < 1.29 is 5.11 Å². The Hall–Kier alpha value is -1.31. The largest absolute Gasteiger partial charge is 0.396 e. The number of nitrogens with zero attached hydrogens (tertiary/aromatic N) is 2. The molecule has 18 heavy (non-hydrogen) atoms. The van der Waals surface area contributed by atoms with E-state index in [0.717, 1.165) is 25.7 Å². The van der Waals surface area contributed by atoms with E-state index in [-0.39, 0.29) is 12.0 Å². The van der Waals surface area contributed by atoms with Crippen LogP contribution in [0.3, 0.4) is 0 Å². The lowest BCUT2D eigenvalue weighted by molar-refractivity contribution is 0.142. The summed E-state index contributed by atoms with van der Waals surface area (Å²) >= 11 is 6.07. The number of halogens is 1. The Balaban J connectivity index is 2.08. The number of anilines is 1. The minimum Gasteiger partial charge on any atom is -0.396 e. The van der Waals surface area contributed by atoms with Crippen LogP contribution in [0.25, 0.3) is 0 Å². The average molecular weight is 266 g/mol. The zero-order valence-corrected chi connectivity index (χ0v) is 10.9. The van der Waals surface area contributed by atoms with Gasteiger partial charge in [0.15, 0.2) is 0 Å². The highest BCUT2D eigenvalue weighted by Gasteiger charge is 2.33. The van der Waals surface area contributed by atoms with Crippen LogP contribution in [-0.4, -0.2) is 23.2 Å². The van der Waals surface area contributed by atoms with E-state index in [4.69, 9.17) is 16.9 Å². The van der Waals surface area contributed by atoms with Crippen molar-refractivity contribution in [2.45, 2.75) is 25.7 Å². The van der Waals surface area contributed by atoms with E-state index in [1.807, 2.05) is 6.07 Å². The number of nitriles is 1. The van der Waals surface area contributed by atoms with Gasteiger partial charge in [-0.25, -0.2) is 4.98 Å². The van der Waals surface area contributed by atoms with Crippen LogP contribution < -0.4 is 5.32 Å². The van der Waals surface area contributed by atoms with Gasteiger partial charge in [0.25, 0.3) is 0 Å². The van der Waals surface area contributed by atoms with Crippen LogP contribution in [0.5, 0.6) is 0 Å². The normalized spacial score (nSPS) is 17.4. The Morgan fingerprint density at radius 3 is 2.83 bits per heavy atom. The third kappa shape index (κ3) is 2.58. The van der Waals surface area contributed by atoms with Gasteiger partial charge in [-0.2, -0.15) is 5.26 Å². The van der Waals surface area contributed by atoms with E-state index in [2.05, 4.69) is 10.3 Å². The maximum absolute atomic E-state index is 9.52. The van der Waals surface area contributed by atoms with Gasteiger partial charge < -0.3 is 10.4 Å². The molecule has 5 heteroatoms. The minimum atomic E-state index is -0.0618. The fourth-order valence-corrected chi connectivity index (χ4v) is 2.66. The van der Waals surface area contributed by atoms with E-state index >= 15 is 0 Å². The highest BCUT2D eigenvalue weighted by atomic mass is 35.5. The van der Waals surface area contributed by atoms with Gasteiger partial charge >= 0.3 is 0 Å². The number of hydrogen-bond donors (Lipinski definition) is 2. The van der Waals surface area contributed by atoms with Gasteiger partial charge in [0.2, 0.25) is 0 Å². The van der Waals surface area contributed by atoms with Crippen molar-refractivity contribution >= 4 is 17.4 Å². The molecule has 1 fully saturated rings. The van der Waals surface area contributed by atoms with Crippen LogP contribution in [0.4, 0.5) is 5.82 Å². The van der Waals surface area contributed by atoms with Crippen molar-refractivity contribution in [2.75, 3.05) is 18.5 Å². The lowest BCUT2D eigenvalue weighted by atomic mass is 9.87. The molecule has 2 N–H and O–H groups in total. The Kier molecular flexibility index (Phi) is 4.05. The van der Waals surface area contributed by atoms with E-state index in [1.165, 1.54) is 0 Å². The molecular weight excluding hydrogens is 250 g/mol. The molecule has 1 heterocycles. The summed E-state index contributed by atoms with van der Waals surface area (Å²) in [7, 11) is 0. The molecule has 1 aliphatic carbocycles.